The number of ether oxygens (including phenoxy) is 1. The molecule has 134 valence electrons. The predicted molar refractivity (Wildman–Crippen MR) is 101 cm³/mol. The topological polar surface area (TPSA) is 62.9 Å². The zero-order chi connectivity index (χ0) is 18.1. The van der Waals surface area contributed by atoms with Gasteiger partial charge in [-0.3, -0.25) is 9.69 Å². The fourth-order valence-corrected chi connectivity index (χ4v) is 3.49. The summed E-state index contributed by atoms with van der Waals surface area (Å²) in [7, 11) is 0. The first-order valence-corrected chi connectivity index (χ1v) is 8.84. The Morgan fingerprint density at radius 1 is 1.08 bits per heavy atom. The normalized spacial score (nSPS) is 15.4. The van der Waals surface area contributed by atoms with E-state index in [1.165, 1.54) is 6.26 Å². The summed E-state index contributed by atoms with van der Waals surface area (Å²) in [5.41, 5.74) is 1.91. The zero-order valence-corrected chi connectivity index (χ0v) is 14.8. The lowest BCUT2D eigenvalue weighted by atomic mass is 10.0. The van der Waals surface area contributed by atoms with Crippen LogP contribution in [-0.2, 0) is 11.3 Å². The third-order valence-corrected chi connectivity index (χ3v) is 5.00. The van der Waals surface area contributed by atoms with Crippen molar-refractivity contribution in [1.82, 2.24) is 4.90 Å². The molecule has 1 aromatic heterocycles. The molecule has 3 aromatic rings. The van der Waals surface area contributed by atoms with Crippen molar-refractivity contribution in [2.24, 2.45) is 0 Å². The van der Waals surface area contributed by atoms with E-state index in [1.807, 2.05) is 12.1 Å². The first-order chi connectivity index (χ1) is 12.6. The quantitative estimate of drug-likeness (QED) is 0.761. The van der Waals surface area contributed by atoms with Gasteiger partial charge in [-0.2, -0.15) is 0 Å². The fourth-order valence-electron chi connectivity index (χ4n) is 3.25. The van der Waals surface area contributed by atoms with Gasteiger partial charge in [0.25, 0.3) is 0 Å². The van der Waals surface area contributed by atoms with Crippen molar-refractivity contribution < 1.29 is 14.3 Å². The van der Waals surface area contributed by atoms with Crippen molar-refractivity contribution >= 4 is 22.6 Å². The predicted octanol–water partition coefficient (Wildman–Crippen LogP) is 3.65. The zero-order valence-electron chi connectivity index (χ0n) is 14.1. The van der Waals surface area contributed by atoms with Crippen molar-refractivity contribution in [3.8, 4) is 16.9 Å². The standard InChI is InChI=1S/C20H18ClNO4/c21-17-4-2-1-3-13(17)16-12-26-20-14(19(16)24)5-6-18(23)15(20)11-22-7-9-25-10-8-22/h1-6,12,23H,7-11H2. The van der Waals surface area contributed by atoms with Gasteiger partial charge in [-0.05, 0) is 18.2 Å². The van der Waals surface area contributed by atoms with Gasteiger partial charge in [-0.1, -0.05) is 29.8 Å². The molecule has 4 rings (SSSR count). The maximum atomic E-state index is 13.0. The number of phenolic OH excluding ortho intramolecular Hbond substituents is 1. The smallest absolute Gasteiger partial charge is 0.200 e. The maximum Gasteiger partial charge on any atom is 0.200 e. The number of morpholine rings is 1. The van der Waals surface area contributed by atoms with E-state index in [0.717, 1.165) is 13.1 Å². The molecule has 1 aliphatic heterocycles. The summed E-state index contributed by atoms with van der Waals surface area (Å²) in [6.45, 7) is 3.37. The molecule has 0 spiro atoms. The minimum absolute atomic E-state index is 0.123. The van der Waals surface area contributed by atoms with Crippen LogP contribution in [0, 0.1) is 0 Å². The van der Waals surface area contributed by atoms with Crippen molar-refractivity contribution in [3.63, 3.8) is 0 Å². The number of rotatable bonds is 3. The van der Waals surface area contributed by atoms with Gasteiger partial charge in [0.05, 0.1) is 29.7 Å². The highest BCUT2D eigenvalue weighted by molar-refractivity contribution is 6.33. The largest absolute Gasteiger partial charge is 0.507 e. The Hall–Kier alpha value is -2.34. The molecule has 2 heterocycles. The first kappa shape index (κ1) is 17.1. The van der Waals surface area contributed by atoms with Crippen LogP contribution in [0.1, 0.15) is 5.56 Å². The summed E-state index contributed by atoms with van der Waals surface area (Å²) in [5, 5.41) is 11.2. The maximum absolute atomic E-state index is 13.0. The van der Waals surface area contributed by atoms with E-state index in [2.05, 4.69) is 4.90 Å². The number of hydrogen-bond donors (Lipinski definition) is 1. The molecule has 1 aliphatic rings. The monoisotopic (exact) mass is 371 g/mol. The molecule has 2 aromatic carbocycles. The fraction of sp³-hybridized carbons (Fsp3) is 0.250. The highest BCUT2D eigenvalue weighted by Crippen LogP contribution is 2.31. The Labute approximate surface area is 155 Å². The second kappa shape index (κ2) is 7.11. The Bertz CT molecular complexity index is 1010. The van der Waals surface area contributed by atoms with Crippen LogP contribution in [0.3, 0.4) is 0 Å². The number of hydrogen-bond acceptors (Lipinski definition) is 5. The van der Waals surface area contributed by atoms with E-state index in [-0.39, 0.29) is 11.2 Å². The average molecular weight is 372 g/mol. The van der Waals surface area contributed by atoms with Gasteiger partial charge in [0.1, 0.15) is 17.6 Å². The third-order valence-electron chi connectivity index (χ3n) is 4.67. The molecule has 0 saturated carbocycles. The van der Waals surface area contributed by atoms with Gasteiger partial charge in [0.2, 0.25) is 5.43 Å². The minimum Gasteiger partial charge on any atom is -0.507 e. The van der Waals surface area contributed by atoms with Crippen LogP contribution in [0.5, 0.6) is 5.75 Å². The lowest BCUT2D eigenvalue weighted by molar-refractivity contribution is 0.0339. The van der Waals surface area contributed by atoms with Gasteiger partial charge in [0.15, 0.2) is 0 Å². The van der Waals surface area contributed by atoms with Crippen LogP contribution in [-0.4, -0.2) is 36.3 Å². The van der Waals surface area contributed by atoms with Crippen molar-refractivity contribution in [1.29, 1.82) is 0 Å². The Morgan fingerprint density at radius 2 is 1.85 bits per heavy atom. The summed E-state index contributed by atoms with van der Waals surface area (Å²) < 4.78 is 11.2. The lowest BCUT2D eigenvalue weighted by Gasteiger charge is -2.27. The van der Waals surface area contributed by atoms with Crippen LogP contribution < -0.4 is 5.43 Å². The Morgan fingerprint density at radius 3 is 2.62 bits per heavy atom. The Balaban J connectivity index is 1.82. The summed E-state index contributed by atoms with van der Waals surface area (Å²) in [6, 6.07) is 10.3. The number of aromatic hydroxyl groups is 1. The molecule has 0 bridgehead atoms. The molecule has 1 saturated heterocycles. The van der Waals surface area contributed by atoms with Gasteiger partial charge in [0, 0.05) is 30.2 Å². The lowest BCUT2D eigenvalue weighted by Crippen LogP contribution is -2.35. The Kier molecular flexibility index (Phi) is 4.68. The minimum atomic E-state index is -0.164. The van der Waals surface area contributed by atoms with Gasteiger partial charge in [-0.15, -0.1) is 0 Å². The second-order valence-corrected chi connectivity index (χ2v) is 6.69. The summed E-state index contributed by atoms with van der Waals surface area (Å²) in [4.78, 5) is 15.2. The third kappa shape index (κ3) is 3.09. The average Bonchev–Trinajstić information content (AvgIpc) is 2.66. The molecule has 0 unspecified atom stereocenters. The molecule has 1 fully saturated rings. The number of fused-ring (bicyclic) bond motifs is 1. The van der Waals surface area contributed by atoms with Crippen LogP contribution in [0.2, 0.25) is 5.02 Å². The van der Waals surface area contributed by atoms with E-state index in [4.69, 9.17) is 20.8 Å². The van der Waals surface area contributed by atoms with Crippen LogP contribution in [0.4, 0.5) is 0 Å². The number of phenols is 1. The molecular weight excluding hydrogens is 354 g/mol. The van der Waals surface area contributed by atoms with E-state index in [9.17, 15) is 9.90 Å². The molecule has 5 nitrogen and oxygen atoms in total. The van der Waals surface area contributed by atoms with Crippen LogP contribution >= 0.6 is 11.6 Å². The van der Waals surface area contributed by atoms with Gasteiger partial charge < -0.3 is 14.3 Å². The van der Waals surface area contributed by atoms with Gasteiger partial charge >= 0.3 is 0 Å². The first-order valence-electron chi connectivity index (χ1n) is 8.46. The van der Waals surface area contributed by atoms with Crippen molar-refractivity contribution in [2.45, 2.75) is 6.54 Å². The number of benzene rings is 2. The summed E-state index contributed by atoms with van der Waals surface area (Å²) in [5.74, 6) is 0.123. The van der Waals surface area contributed by atoms with E-state index < -0.39 is 0 Å². The van der Waals surface area contributed by atoms with Crippen molar-refractivity contribution in [3.05, 3.63) is 63.5 Å². The number of nitrogens with zero attached hydrogens (tertiary/aromatic N) is 1. The highest BCUT2D eigenvalue weighted by atomic mass is 35.5. The number of halogens is 1. The van der Waals surface area contributed by atoms with Gasteiger partial charge in [-0.25, -0.2) is 0 Å². The van der Waals surface area contributed by atoms with E-state index in [0.29, 0.717) is 52.4 Å². The molecule has 6 heteroatoms. The molecule has 0 radical (unpaired) electrons. The van der Waals surface area contributed by atoms with E-state index in [1.54, 1.807) is 24.3 Å². The molecule has 26 heavy (non-hydrogen) atoms. The van der Waals surface area contributed by atoms with Crippen LogP contribution in [0.15, 0.2) is 51.9 Å². The molecular formula is C20H18ClNO4. The molecule has 0 amide bonds. The van der Waals surface area contributed by atoms with Crippen molar-refractivity contribution in [2.75, 3.05) is 26.3 Å². The summed E-state index contributed by atoms with van der Waals surface area (Å²) in [6.07, 6.45) is 1.42. The van der Waals surface area contributed by atoms with E-state index >= 15 is 0 Å². The SMILES string of the molecule is O=c1c(-c2ccccc2Cl)coc2c(CN3CCOCC3)c(O)ccc12. The second-order valence-electron chi connectivity index (χ2n) is 6.29. The molecule has 0 aliphatic carbocycles. The van der Waals surface area contributed by atoms with Crippen LogP contribution in [0.25, 0.3) is 22.1 Å². The molecule has 1 N–H and O–H groups in total. The highest BCUT2D eigenvalue weighted by Gasteiger charge is 2.19. The molecule has 0 atom stereocenters. The summed E-state index contributed by atoms with van der Waals surface area (Å²) >= 11 is 6.23.